The molecule has 0 bridgehead atoms. The van der Waals surface area contributed by atoms with E-state index in [0.717, 1.165) is 5.56 Å². The molecule has 1 aromatic heterocycles. The van der Waals surface area contributed by atoms with Crippen LogP contribution in [0.25, 0.3) is 11.4 Å². The molecule has 0 amide bonds. The molecule has 0 atom stereocenters. The summed E-state index contributed by atoms with van der Waals surface area (Å²) in [5, 5.41) is 12.6. The lowest BCUT2D eigenvalue weighted by Gasteiger charge is -2.07. The highest BCUT2D eigenvalue weighted by Gasteiger charge is 2.10. The van der Waals surface area contributed by atoms with Gasteiger partial charge in [-0.2, -0.15) is 10.2 Å². The third-order valence-corrected chi connectivity index (χ3v) is 3.05. The summed E-state index contributed by atoms with van der Waals surface area (Å²) in [4.78, 5) is 6.17. The fourth-order valence-corrected chi connectivity index (χ4v) is 1.86. The van der Waals surface area contributed by atoms with Crippen molar-refractivity contribution in [3.8, 4) is 17.5 Å². The van der Waals surface area contributed by atoms with Crippen LogP contribution in [0.1, 0.15) is 31.2 Å². The van der Waals surface area contributed by atoms with Gasteiger partial charge in [0.15, 0.2) is 0 Å². The molecule has 0 unspecified atom stereocenters. The van der Waals surface area contributed by atoms with Crippen LogP contribution in [0.5, 0.6) is 0 Å². The molecule has 2 aromatic rings. The molecule has 20 heavy (non-hydrogen) atoms. The van der Waals surface area contributed by atoms with Gasteiger partial charge in [-0.1, -0.05) is 43.3 Å². The van der Waals surface area contributed by atoms with Crippen molar-refractivity contribution in [3.05, 3.63) is 35.7 Å². The molecule has 1 aromatic carbocycles. The first kappa shape index (κ1) is 14.2. The average molecular weight is 270 g/mol. The molecule has 0 radical (unpaired) electrons. The topological polar surface area (TPSA) is 66.0 Å². The van der Waals surface area contributed by atoms with Gasteiger partial charge in [0, 0.05) is 5.56 Å². The number of benzene rings is 1. The summed E-state index contributed by atoms with van der Waals surface area (Å²) >= 11 is 0. The van der Waals surface area contributed by atoms with Gasteiger partial charge in [-0.25, -0.2) is 0 Å². The standard InChI is InChI=1S/C15H18N4O/c1-11(2)12-4-6-13(7-5-12)15-17-14(20-18-15)10-19(3)9-8-16/h4-7,11H,9-10H2,1-3H3. The molecule has 2 rings (SSSR count). The molecular formula is C15H18N4O. The van der Waals surface area contributed by atoms with Gasteiger partial charge in [0.05, 0.1) is 19.2 Å². The molecule has 0 aliphatic rings. The lowest BCUT2D eigenvalue weighted by atomic mass is 10.0. The van der Waals surface area contributed by atoms with E-state index in [1.807, 2.05) is 24.1 Å². The number of hydrogen-bond donors (Lipinski definition) is 0. The van der Waals surface area contributed by atoms with Crippen molar-refractivity contribution >= 4 is 0 Å². The minimum absolute atomic E-state index is 0.334. The molecule has 0 spiro atoms. The first-order valence-corrected chi connectivity index (χ1v) is 6.58. The van der Waals surface area contributed by atoms with Gasteiger partial charge in [0.1, 0.15) is 0 Å². The van der Waals surface area contributed by atoms with E-state index in [0.29, 0.717) is 30.7 Å². The summed E-state index contributed by atoms with van der Waals surface area (Å²) < 4.78 is 5.20. The van der Waals surface area contributed by atoms with E-state index in [4.69, 9.17) is 9.78 Å². The highest BCUT2D eigenvalue weighted by atomic mass is 16.5. The van der Waals surface area contributed by atoms with Crippen molar-refractivity contribution in [2.45, 2.75) is 26.3 Å². The minimum Gasteiger partial charge on any atom is -0.338 e. The Morgan fingerprint density at radius 3 is 2.60 bits per heavy atom. The molecule has 5 heteroatoms. The van der Waals surface area contributed by atoms with Crippen molar-refractivity contribution in [2.24, 2.45) is 0 Å². The SMILES string of the molecule is CC(C)c1ccc(-c2noc(CN(C)CC#N)n2)cc1. The van der Waals surface area contributed by atoms with E-state index in [-0.39, 0.29) is 0 Å². The summed E-state index contributed by atoms with van der Waals surface area (Å²) in [5.74, 6) is 1.61. The fraction of sp³-hybridized carbons (Fsp3) is 0.400. The molecule has 0 fully saturated rings. The van der Waals surface area contributed by atoms with E-state index in [9.17, 15) is 0 Å². The smallest absolute Gasteiger partial charge is 0.241 e. The highest BCUT2D eigenvalue weighted by molar-refractivity contribution is 5.54. The van der Waals surface area contributed by atoms with E-state index < -0.39 is 0 Å². The van der Waals surface area contributed by atoms with Crippen LogP contribution in [0.4, 0.5) is 0 Å². The largest absolute Gasteiger partial charge is 0.338 e. The highest BCUT2D eigenvalue weighted by Crippen LogP contribution is 2.20. The lowest BCUT2D eigenvalue weighted by Crippen LogP contribution is -2.17. The molecule has 0 saturated carbocycles. The van der Waals surface area contributed by atoms with Crippen molar-refractivity contribution in [1.29, 1.82) is 5.26 Å². The van der Waals surface area contributed by atoms with Crippen LogP contribution in [-0.2, 0) is 6.54 Å². The zero-order chi connectivity index (χ0) is 14.5. The number of nitriles is 1. The quantitative estimate of drug-likeness (QED) is 0.781. The second-order valence-electron chi connectivity index (χ2n) is 5.12. The zero-order valence-electron chi connectivity index (χ0n) is 12.0. The minimum atomic E-state index is 0.334. The van der Waals surface area contributed by atoms with Gasteiger partial charge in [0.2, 0.25) is 11.7 Å². The molecule has 1 heterocycles. The summed E-state index contributed by atoms with van der Waals surface area (Å²) in [5.41, 5.74) is 2.22. The van der Waals surface area contributed by atoms with Gasteiger partial charge in [-0.15, -0.1) is 0 Å². The molecule has 0 aliphatic heterocycles. The van der Waals surface area contributed by atoms with Crippen molar-refractivity contribution in [2.75, 3.05) is 13.6 Å². The summed E-state index contributed by atoms with van der Waals surface area (Å²) in [6, 6.07) is 10.2. The maximum absolute atomic E-state index is 8.61. The monoisotopic (exact) mass is 270 g/mol. The van der Waals surface area contributed by atoms with Crippen LogP contribution in [-0.4, -0.2) is 28.6 Å². The average Bonchev–Trinajstić information content (AvgIpc) is 2.87. The molecule has 5 nitrogen and oxygen atoms in total. The van der Waals surface area contributed by atoms with Crippen LogP contribution < -0.4 is 0 Å². The number of rotatable bonds is 5. The molecule has 104 valence electrons. The maximum atomic E-state index is 8.61. The number of aromatic nitrogens is 2. The molecule has 0 N–H and O–H groups in total. The predicted octanol–water partition coefficient (Wildman–Crippen LogP) is 2.82. The lowest BCUT2D eigenvalue weighted by molar-refractivity contribution is 0.287. The second kappa shape index (κ2) is 6.31. The Morgan fingerprint density at radius 2 is 2.00 bits per heavy atom. The Balaban J connectivity index is 2.10. The Kier molecular flexibility index (Phi) is 4.49. The van der Waals surface area contributed by atoms with Crippen LogP contribution in [0, 0.1) is 11.3 Å². The van der Waals surface area contributed by atoms with Crippen molar-refractivity contribution in [3.63, 3.8) is 0 Å². The van der Waals surface area contributed by atoms with Crippen LogP contribution >= 0.6 is 0 Å². The predicted molar refractivity (Wildman–Crippen MR) is 75.8 cm³/mol. The molecular weight excluding hydrogens is 252 g/mol. The van der Waals surface area contributed by atoms with E-state index in [2.05, 4.69) is 42.2 Å². The fourth-order valence-electron chi connectivity index (χ4n) is 1.86. The molecule has 0 saturated heterocycles. The second-order valence-corrected chi connectivity index (χ2v) is 5.12. The van der Waals surface area contributed by atoms with Gasteiger partial charge >= 0.3 is 0 Å². The van der Waals surface area contributed by atoms with Gasteiger partial charge < -0.3 is 4.52 Å². The maximum Gasteiger partial charge on any atom is 0.241 e. The molecule has 0 aliphatic carbocycles. The zero-order valence-corrected chi connectivity index (χ0v) is 12.0. The normalized spacial score (nSPS) is 11.0. The number of nitrogens with zero attached hydrogens (tertiary/aromatic N) is 4. The van der Waals surface area contributed by atoms with Crippen LogP contribution in [0.2, 0.25) is 0 Å². The first-order valence-electron chi connectivity index (χ1n) is 6.58. The summed E-state index contributed by atoms with van der Waals surface area (Å²) in [6.07, 6.45) is 0. The van der Waals surface area contributed by atoms with E-state index >= 15 is 0 Å². The van der Waals surface area contributed by atoms with Gasteiger partial charge in [-0.3, -0.25) is 4.90 Å². The first-order chi connectivity index (χ1) is 9.60. The Bertz CT molecular complexity index is 595. The van der Waals surface area contributed by atoms with Gasteiger partial charge in [-0.05, 0) is 18.5 Å². The van der Waals surface area contributed by atoms with Crippen LogP contribution in [0.15, 0.2) is 28.8 Å². The Labute approximate surface area is 118 Å². The Hall–Kier alpha value is -2.19. The number of hydrogen-bond acceptors (Lipinski definition) is 5. The van der Waals surface area contributed by atoms with Crippen molar-refractivity contribution in [1.82, 2.24) is 15.0 Å². The van der Waals surface area contributed by atoms with Crippen LogP contribution in [0.3, 0.4) is 0 Å². The summed E-state index contributed by atoms with van der Waals surface area (Å²) in [6.45, 7) is 5.13. The van der Waals surface area contributed by atoms with E-state index in [1.165, 1.54) is 5.56 Å². The third-order valence-electron chi connectivity index (χ3n) is 3.05. The van der Waals surface area contributed by atoms with E-state index in [1.54, 1.807) is 0 Å². The Morgan fingerprint density at radius 1 is 1.30 bits per heavy atom. The van der Waals surface area contributed by atoms with Gasteiger partial charge in [0.25, 0.3) is 0 Å². The van der Waals surface area contributed by atoms with Crippen molar-refractivity contribution < 1.29 is 4.52 Å². The third kappa shape index (κ3) is 3.43. The summed E-state index contributed by atoms with van der Waals surface area (Å²) in [7, 11) is 1.84.